The fourth-order valence-corrected chi connectivity index (χ4v) is 10.5. The fourth-order valence-electron chi connectivity index (χ4n) is 10.0. The van der Waals surface area contributed by atoms with Gasteiger partial charge in [0.1, 0.15) is 69.5 Å². The zero-order valence-corrected chi connectivity index (χ0v) is 55.5. The second-order valence-corrected chi connectivity index (χ2v) is 23.1. The highest BCUT2D eigenvalue weighted by molar-refractivity contribution is 14.1. The van der Waals surface area contributed by atoms with E-state index in [0.29, 0.717) is 92.6 Å². The molecule has 22 nitrogen and oxygen atoms in total. The predicted octanol–water partition coefficient (Wildman–Crippen LogP) is 15.1. The van der Waals surface area contributed by atoms with Gasteiger partial charge in [0.25, 0.3) is 0 Å². The molecule has 0 saturated heterocycles. The number of hydrogen-bond donors (Lipinski definition) is 6. The fraction of sp³-hybridized carbons (Fsp3) is 0.250. The molecule has 4 aromatic carbocycles. The number of rotatable bonds is 25. The number of aromatic nitrogens is 14. The van der Waals surface area contributed by atoms with Crippen LogP contribution in [0, 0.1) is 26.8 Å². The molecule has 0 aliphatic rings. The van der Waals surface area contributed by atoms with E-state index in [-0.39, 0.29) is 79.4 Å². The molecule has 0 saturated carbocycles. The van der Waals surface area contributed by atoms with Crippen LogP contribution in [-0.2, 0) is 0 Å². The molecule has 0 bridgehead atoms. The zero-order chi connectivity index (χ0) is 69.1. The molecule has 4 atom stereocenters. The van der Waals surface area contributed by atoms with Crippen LogP contribution >= 0.6 is 22.6 Å². The second kappa shape index (κ2) is 33.7. The lowest BCUT2D eigenvalue weighted by Crippen LogP contribution is -2.11. The van der Waals surface area contributed by atoms with Crippen LogP contribution in [0.15, 0.2) is 171 Å². The number of fused-ring (bicyclic) bond motifs is 4. The summed E-state index contributed by atoms with van der Waals surface area (Å²) in [6.45, 7) is 6.88. The Labute approximate surface area is 570 Å². The maximum atomic E-state index is 13.8. The van der Waals surface area contributed by atoms with Crippen molar-refractivity contribution in [1.82, 2.24) is 68.6 Å². The molecule has 4 unspecified atom stereocenters. The maximum Gasteiger partial charge on any atom is 0.170 e. The monoisotopic (exact) mass is 1460 g/mol. The summed E-state index contributed by atoms with van der Waals surface area (Å²) in [7, 11) is 0. The van der Waals surface area contributed by atoms with Crippen molar-refractivity contribution in [1.29, 1.82) is 0 Å². The van der Waals surface area contributed by atoms with Gasteiger partial charge in [-0.15, -0.1) is 0 Å². The van der Waals surface area contributed by atoms with Gasteiger partial charge in [-0.2, -0.15) is 25.5 Å². The second-order valence-electron chi connectivity index (χ2n) is 22.0. The molecule has 98 heavy (non-hydrogen) atoms. The van der Waals surface area contributed by atoms with Gasteiger partial charge in [-0.25, -0.2) is 55.6 Å². The Morgan fingerprint density at radius 2 is 0.847 bits per heavy atom. The summed E-state index contributed by atoms with van der Waals surface area (Å²) in [5.41, 5.74) is 7.00. The predicted molar refractivity (Wildman–Crippen MR) is 366 cm³/mol. The topological polar surface area (TPSA) is 245 Å². The lowest BCUT2D eigenvalue weighted by molar-refractivity contribution is 0.286. The Bertz CT molecular complexity index is 4710. The molecule has 9 heterocycles. The molecule has 0 radical (unpaired) electrons. The van der Waals surface area contributed by atoms with E-state index < -0.39 is 20.0 Å². The van der Waals surface area contributed by atoms with Crippen molar-refractivity contribution in [2.24, 2.45) is 0 Å². The van der Waals surface area contributed by atoms with Crippen molar-refractivity contribution in [3.63, 3.8) is 0 Å². The van der Waals surface area contributed by atoms with E-state index >= 15 is 0 Å². The molecule has 6 N–H and O–H groups in total. The van der Waals surface area contributed by atoms with Gasteiger partial charge < -0.3 is 40.6 Å². The third-order valence-electron chi connectivity index (χ3n) is 14.9. The third-order valence-corrected chi connectivity index (χ3v) is 15.6. The smallest absolute Gasteiger partial charge is 0.170 e. The molecule has 0 amide bonds. The first kappa shape index (κ1) is 70.0. The third kappa shape index (κ3) is 18.4. The van der Waals surface area contributed by atoms with Crippen LogP contribution in [0.4, 0.5) is 54.0 Å². The zero-order valence-electron chi connectivity index (χ0n) is 53.3. The number of aromatic hydroxyl groups is 1. The highest BCUT2D eigenvalue weighted by Gasteiger charge is 2.20. The van der Waals surface area contributed by atoms with Crippen LogP contribution in [0.25, 0.3) is 33.7 Å². The Morgan fingerprint density at radius 1 is 0.459 bits per heavy atom. The number of aromatic amines is 1. The molecule has 0 fully saturated rings. The SMILES string of the molecule is CC(Nc1ccn2ncc(-c3cn[nH]c3)c2n1)c1cc(F)ccc1OCCCF.CC(Nc1ccn2ncc(I)c2n1)c1cc(F)ccc1OCCCF.CC(Nc1ccn2nccc2n1)c1cc(F)ccc1O.CC(Nc1ccn2nccc2n1)c1cc(F)ccc1OCCCF. The molecule has 13 aromatic rings. The number of nitrogens with one attached hydrogen (secondary N) is 5. The normalized spacial score (nSPS) is 12.3. The standard InChI is InChI=1S/C20H20F2N6O.C17H17F2IN4O.C17H18F2N4O.C14H13FN4O/c1-13(16-9-15(22)3-4-18(16)29-8-2-6-21)26-19-5-7-28-20(27-19)17(12-25-28)14-10-23-24-11-14;1-11(13-9-12(19)3-4-15(13)25-8-2-6-18)22-16-5-7-24-17(23-16)14(20)10-21-24;1-12(21-16-6-9-23-17(22-16)5-8-20-23)14-11-13(19)3-4-15(14)24-10-2-7-18;1-9(11-8-10(15)2-3-12(11)20)17-13-5-7-19-14(18-13)4-6-16-19/h3-5,7,9-13H,2,6,8H2,1H3,(H,23,24)(H,26,27);3-5,7,9-11H,2,6,8H2,1H3,(H,22,23);3-6,8-9,11-12H,2,7,10H2,1H3,(H,21,22);2-9,20H,1H3,(H,17,18). The first-order valence-corrected chi connectivity index (χ1v) is 32.1. The van der Waals surface area contributed by atoms with E-state index in [4.69, 9.17) is 14.2 Å². The molecule has 30 heteroatoms. The average Bonchev–Trinajstić information content (AvgIpc) is 1.64. The number of benzene rings is 4. The maximum absolute atomic E-state index is 13.8. The summed E-state index contributed by atoms with van der Waals surface area (Å²) in [5.74, 6) is 2.73. The number of alkyl halides is 3. The Hall–Kier alpha value is -10.8. The summed E-state index contributed by atoms with van der Waals surface area (Å²) < 4.78 is 116. The van der Waals surface area contributed by atoms with E-state index in [1.165, 1.54) is 54.6 Å². The van der Waals surface area contributed by atoms with E-state index in [0.717, 1.165) is 20.3 Å². The number of phenolic OH excluding ortho intramolecular Hbond substituents is 1. The van der Waals surface area contributed by atoms with Crippen LogP contribution in [0.2, 0.25) is 0 Å². The van der Waals surface area contributed by atoms with E-state index in [1.807, 2.05) is 33.9 Å². The van der Waals surface area contributed by atoms with Gasteiger partial charge in [0.2, 0.25) is 0 Å². The molecule has 510 valence electrons. The van der Waals surface area contributed by atoms with Gasteiger partial charge in [-0.3, -0.25) is 18.3 Å². The highest BCUT2D eigenvalue weighted by atomic mass is 127. The first-order chi connectivity index (χ1) is 47.5. The van der Waals surface area contributed by atoms with Crippen molar-refractivity contribution in [2.45, 2.75) is 71.1 Å². The number of H-pyrrole nitrogens is 1. The Morgan fingerprint density at radius 3 is 1.29 bits per heavy atom. The molecular formula is C68H68F7IN18O4. The van der Waals surface area contributed by atoms with Gasteiger partial charge in [0.15, 0.2) is 22.6 Å². The largest absolute Gasteiger partial charge is 0.508 e. The minimum absolute atomic E-state index is 0.0526. The van der Waals surface area contributed by atoms with Gasteiger partial charge in [-0.05, 0) is 147 Å². The van der Waals surface area contributed by atoms with Crippen molar-refractivity contribution in [3.05, 3.63) is 220 Å². The number of nitrogens with zero attached hydrogens (tertiary/aromatic N) is 13. The summed E-state index contributed by atoms with van der Waals surface area (Å²) in [4.78, 5) is 18.0. The summed E-state index contributed by atoms with van der Waals surface area (Å²) in [6, 6.07) is 26.5. The van der Waals surface area contributed by atoms with Crippen LogP contribution in [0.3, 0.4) is 0 Å². The molecule has 13 rings (SSSR count). The van der Waals surface area contributed by atoms with Crippen molar-refractivity contribution >= 4 is 68.5 Å². The quantitative estimate of drug-likeness (QED) is 0.0177. The molecule has 9 aromatic heterocycles. The Balaban J connectivity index is 0.000000143. The van der Waals surface area contributed by atoms with Crippen molar-refractivity contribution < 1.29 is 50.1 Å². The summed E-state index contributed by atoms with van der Waals surface area (Å²) in [6.07, 6.45) is 18.3. The van der Waals surface area contributed by atoms with Gasteiger partial charge >= 0.3 is 0 Å². The van der Waals surface area contributed by atoms with Gasteiger partial charge in [0, 0.05) is 95.8 Å². The number of hydrogen-bond acceptors (Lipinski definition) is 17. The van der Waals surface area contributed by atoms with Gasteiger partial charge in [-0.1, -0.05) is 0 Å². The first-order valence-electron chi connectivity index (χ1n) is 31.0. The van der Waals surface area contributed by atoms with Crippen LogP contribution in [0.5, 0.6) is 23.0 Å². The van der Waals surface area contributed by atoms with E-state index in [1.54, 1.807) is 128 Å². The number of halogens is 8. The van der Waals surface area contributed by atoms with E-state index in [9.17, 15) is 35.8 Å². The average molecular weight is 1460 g/mol. The number of anilines is 4. The molecule has 0 aliphatic heterocycles. The van der Waals surface area contributed by atoms with Crippen molar-refractivity contribution in [3.8, 4) is 34.1 Å². The minimum Gasteiger partial charge on any atom is -0.508 e. The number of phenols is 1. The molecule has 0 spiro atoms. The van der Waals surface area contributed by atoms with Crippen LogP contribution < -0.4 is 35.5 Å². The van der Waals surface area contributed by atoms with Crippen LogP contribution in [-0.4, -0.2) is 114 Å². The minimum atomic E-state index is -0.460. The lowest BCUT2D eigenvalue weighted by atomic mass is 10.1. The summed E-state index contributed by atoms with van der Waals surface area (Å²) >= 11 is 2.17. The molecular weight excluding hydrogens is 1390 g/mol. The van der Waals surface area contributed by atoms with Crippen LogP contribution in [0.1, 0.15) is 93.4 Å². The summed E-state index contributed by atoms with van der Waals surface area (Å²) in [5, 5.41) is 46.0. The highest BCUT2D eigenvalue weighted by Crippen LogP contribution is 2.34. The Kier molecular flexibility index (Phi) is 24.1. The molecule has 0 aliphatic carbocycles. The number of ether oxygens (including phenoxy) is 3. The van der Waals surface area contributed by atoms with E-state index in [2.05, 4.69) is 94.4 Å². The van der Waals surface area contributed by atoms with Gasteiger partial charge in [0.05, 0.1) is 98.6 Å². The van der Waals surface area contributed by atoms with Crippen molar-refractivity contribution in [2.75, 3.05) is 61.1 Å². The lowest BCUT2D eigenvalue weighted by Gasteiger charge is -2.19.